The number of halogens is 3. The molecule has 0 bridgehead atoms. The lowest BCUT2D eigenvalue weighted by Gasteiger charge is -2.48. The zero-order valence-corrected chi connectivity index (χ0v) is 62.6. The van der Waals surface area contributed by atoms with E-state index >= 15 is 0 Å². The van der Waals surface area contributed by atoms with Gasteiger partial charge in [0.2, 0.25) is 0 Å². The number of rotatable bonds is 36. The molecule has 562 valence electrons. The number of nitrogens with zero attached hydrogens (tertiary/aromatic N) is 6. The summed E-state index contributed by atoms with van der Waals surface area (Å²) in [7, 11) is 0. The molecule has 8 rings (SSSR count). The van der Waals surface area contributed by atoms with E-state index < -0.39 is 40.7 Å². The number of anilines is 6. The smallest absolute Gasteiger partial charge is 0.270 e. The Morgan fingerprint density at radius 1 is 0.447 bits per heavy atom. The van der Waals surface area contributed by atoms with E-state index in [0.29, 0.717) is 81.3 Å². The molecule has 0 heterocycles. The van der Waals surface area contributed by atoms with E-state index in [1.165, 1.54) is 72.8 Å². The van der Waals surface area contributed by atoms with E-state index in [9.17, 15) is 86.2 Å². The average Bonchev–Trinajstić information content (AvgIpc) is 1.71. The molecule has 0 aliphatic heterocycles. The number of aliphatic hydroxyl groups is 6. The first-order valence-electron chi connectivity index (χ1n) is 33.9. The largest absolute Gasteiger partial charge is 0.394 e. The second-order valence-electron chi connectivity index (χ2n) is 26.3. The SMILES string of the molecule is CC(C)C[C@@H](CO)Nc1ccc([N+](=O)[O-])cc1Br.CC(C[C@@H](CO)Nc1ccc([N+](=O)[O-])cc1)C[C@@](O)(CCCC(CO)Nc1ccc([N+](=O)[O-])cc1)C1(Nc2ccc([N+](=O)[O-])cc2)CCCC1.CCC[C@@H](CO)Nc1ccc([N+](=O)[O-])cc1Br.O=[N+]([O-])c1ccc(NC2(CO)CCCC2)c(Br)c1. The van der Waals surface area contributed by atoms with Gasteiger partial charge in [-0.15, -0.1) is 0 Å². The van der Waals surface area contributed by atoms with Crippen LogP contribution in [0.2, 0.25) is 0 Å². The average molecular weight is 1630 g/mol. The van der Waals surface area contributed by atoms with Crippen LogP contribution in [0.3, 0.4) is 0 Å². The number of benzene rings is 6. The van der Waals surface area contributed by atoms with Crippen molar-refractivity contribution in [2.75, 3.05) is 64.9 Å². The monoisotopic (exact) mass is 1630 g/mol. The van der Waals surface area contributed by atoms with Crippen LogP contribution in [0.25, 0.3) is 0 Å². The molecule has 0 aromatic heterocycles. The van der Waals surface area contributed by atoms with Gasteiger partial charge in [0.25, 0.3) is 34.1 Å². The third-order valence-electron chi connectivity index (χ3n) is 18.0. The molecule has 33 heteroatoms. The Labute approximate surface area is 622 Å². The van der Waals surface area contributed by atoms with Crippen molar-refractivity contribution in [3.63, 3.8) is 0 Å². The first-order chi connectivity index (χ1) is 48.9. The van der Waals surface area contributed by atoms with Crippen LogP contribution in [0.15, 0.2) is 141 Å². The van der Waals surface area contributed by atoms with Crippen LogP contribution in [0, 0.1) is 72.5 Å². The third kappa shape index (κ3) is 26.7. The molecule has 2 saturated carbocycles. The Morgan fingerprint density at radius 3 is 1.17 bits per heavy atom. The van der Waals surface area contributed by atoms with Crippen LogP contribution in [0.4, 0.5) is 68.2 Å². The Kier molecular flexibility index (Phi) is 34.7. The molecule has 2 unspecified atom stereocenters. The first kappa shape index (κ1) is 85.4. The number of nitro groups is 6. The highest BCUT2D eigenvalue weighted by atomic mass is 79.9. The summed E-state index contributed by atoms with van der Waals surface area (Å²) in [6.45, 7) is 7.96. The molecule has 2 fully saturated rings. The normalized spacial score (nSPS) is 15.4. The standard InChI is InChI=1S/C35H46N6O9.C12H15BrN2O3.C12H17BrN2O3.C11H15BrN2O3/c1-25(21-30(24-43)37-27-8-14-32(15-9-27)40(47)48)22-35(44,20-4-5-29(23-42)36-26-6-12-31(13-7-26)39(45)46)34(18-2-3-19-34)38-28-10-16-33(17-11-28)41(49)50;13-10-7-9(15(17)18)3-4-11(10)14-12(8-16)5-1-2-6-12;1-8(2)5-9(7-16)14-12-4-3-10(15(17)18)6-11(12)13;1-2-3-8(7-15)13-11-5-4-9(14(16)17)6-10(11)12/h6-17,25,29-30,36-38,42-44H,2-5,18-24H2,1H3;3-4,7,14,16H,1-2,5-6,8H2;3-4,6,8-9,14,16H,5,7H2,1-2H3;4-6,8,13,15H,2-3,7H2,1H3/t25?,29?,30-,35-;;9-;8-/m0.00/s1. The van der Waals surface area contributed by atoms with E-state index in [4.69, 9.17) is 5.11 Å². The van der Waals surface area contributed by atoms with Gasteiger partial charge in [0.1, 0.15) is 0 Å². The molecular formula is C70H93Br3N12O18. The summed E-state index contributed by atoms with van der Waals surface area (Å²) in [6.07, 6.45) is 12.0. The van der Waals surface area contributed by atoms with Crippen LogP contribution in [-0.2, 0) is 0 Å². The Morgan fingerprint density at radius 2 is 0.796 bits per heavy atom. The molecule has 0 saturated heterocycles. The lowest BCUT2D eigenvalue weighted by atomic mass is 9.69. The zero-order valence-electron chi connectivity index (χ0n) is 57.8. The van der Waals surface area contributed by atoms with Gasteiger partial charge < -0.3 is 62.5 Å². The molecule has 0 radical (unpaired) electrons. The van der Waals surface area contributed by atoms with Gasteiger partial charge in [0.05, 0.1) is 79.3 Å². The fourth-order valence-corrected chi connectivity index (χ4v) is 14.2. The molecule has 30 nitrogen and oxygen atoms in total. The minimum atomic E-state index is -1.26. The van der Waals surface area contributed by atoms with E-state index in [2.05, 4.69) is 93.5 Å². The van der Waals surface area contributed by atoms with Crippen LogP contribution in [0.5, 0.6) is 0 Å². The molecular weight excluding hydrogens is 1540 g/mol. The molecule has 0 spiro atoms. The van der Waals surface area contributed by atoms with Gasteiger partial charge in [0.15, 0.2) is 0 Å². The molecule has 6 aromatic rings. The van der Waals surface area contributed by atoms with Crippen molar-refractivity contribution in [2.45, 2.75) is 171 Å². The van der Waals surface area contributed by atoms with Crippen molar-refractivity contribution < 1.29 is 60.2 Å². The van der Waals surface area contributed by atoms with Gasteiger partial charge in [-0.1, -0.05) is 59.8 Å². The summed E-state index contributed by atoms with van der Waals surface area (Å²) < 4.78 is 1.90. The van der Waals surface area contributed by atoms with Crippen molar-refractivity contribution in [3.05, 3.63) is 201 Å². The highest BCUT2D eigenvalue weighted by molar-refractivity contribution is 9.11. The van der Waals surface area contributed by atoms with Gasteiger partial charge in [-0.25, -0.2) is 0 Å². The fraction of sp³-hybridized carbons (Fsp3) is 0.486. The highest BCUT2D eigenvalue weighted by Gasteiger charge is 2.52. The van der Waals surface area contributed by atoms with Crippen molar-refractivity contribution in [3.8, 4) is 0 Å². The van der Waals surface area contributed by atoms with Crippen LogP contribution >= 0.6 is 47.8 Å². The van der Waals surface area contributed by atoms with Crippen molar-refractivity contribution >= 4 is 116 Å². The van der Waals surface area contributed by atoms with E-state index in [-0.39, 0.29) is 103 Å². The molecule has 103 heavy (non-hydrogen) atoms. The predicted molar refractivity (Wildman–Crippen MR) is 408 cm³/mol. The number of aliphatic hydroxyl groups excluding tert-OH is 5. The quantitative estimate of drug-likeness (QED) is 0.0128. The molecule has 6 atom stereocenters. The van der Waals surface area contributed by atoms with Crippen LogP contribution < -0.4 is 31.9 Å². The molecule has 0 amide bonds. The van der Waals surface area contributed by atoms with Gasteiger partial charge in [-0.2, -0.15) is 0 Å². The molecule has 2 aliphatic rings. The number of nitro benzene ring substituents is 6. The summed E-state index contributed by atoms with van der Waals surface area (Å²) in [5.74, 6) is 0.372. The summed E-state index contributed by atoms with van der Waals surface area (Å²) in [5, 5.41) is 146. The summed E-state index contributed by atoms with van der Waals surface area (Å²) in [6, 6.07) is 30.9. The third-order valence-corrected chi connectivity index (χ3v) is 19.9. The van der Waals surface area contributed by atoms with Crippen LogP contribution in [-0.4, -0.2) is 134 Å². The lowest BCUT2D eigenvalue weighted by Crippen LogP contribution is -2.58. The maximum absolute atomic E-state index is 12.8. The van der Waals surface area contributed by atoms with E-state index in [0.717, 1.165) is 74.8 Å². The summed E-state index contributed by atoms with van der Waals surface area (Å²) in [5.41, 5.74) is 1.93. The maximum atomic E-state index is 12.8. The Balaban J connectivity index is 0.000000291. The lowest BCUT2D eigenvalue weighted by molar-refractivity contribution is -0.385. The van der Waals surface area contributed by atoms with Gasteiger partial charge in [-0.05, 0) is 185 Å². The minimum Gasteiger partial charge on any atom is -0.394 e. The fourth-order valence-electron chi connectivity index (χ4n) is 12.8. The van der Waals surface area contributed by atoms with Gasteiger partial charge in [0, 0.05) is 145 Å². The van der Waals surface area contributed by atoms with Gasteiger partial charge in [-0.3, -0.25) is 60.7 Å². The summed E-state index contributed by atoms with van der Waals surface area (Å²) in [4.78, 5) is 62.5. The topological polar surface area (TPSA) is 452 Å². The number of hydrogen-bond donors (Lipinski definition) is 12. The van der Waals surface area contributed by atoms with Crippen molar-refractivity contribution in [1.29, 1.82) is 0 Å². The minimum absolute atomic E-state index is 0.0294. The molecule has 12 N–H and O–H groups in total. The Bertz CT molecular complexity index is 3710. The number of non-ortho nitro benzene ring substituents is 6. The second-order valence-corrected chi connectivity index (χ2v) is 28.9. The number of nitrogens with one attached hydrogen (secondary N) is 6. The van der Waals surface area contributed by atoms with Gasteiger partial charge >= 0.3 is 0 Å². The van der Waals surface area contributed by atoms with E-state index in [1.807, 2.05) is 13.8 Å². The zero-order chi connectivity index (χ0) is 76.0. The summed E-state index contributed by atoms with van der Waals surface area (Å²) >= 11 is 9.89. The highest BCUT2D eigenvalue weighted by Crippen LogP contribution is 2.48. The molecule has 6 aromatic carbocycles. The molecule has 2 aliphatic carbocycles. The predicted octanol–water partition coefficient (Wildman–Crippen LogP) is 15.6. The Hall–Kier alpha value is -8.28. The maximum Gasteiger partial charge on any atom is 0.270 e. The number of hydrogen-bond acceptors (Lipinski definition) is 24. The van der Waals surface area contributed by atoms with Crippen molar-refractivity contribution in [2.24, 2.45) is 11.8 Å². The van der Waals surface area contributed by atoms with Crippen molar-refractivity contribution in [1.82, 2.24) is 0 Å². The van der Waals surface area contributed by atoms with E-state index in [1.54, 1.807) is 54.6 Å². The second kappa shape index (κ2) is 41.9. The first-order valence-corrected chi connectivity index (χ1v) is 36.3. The van der Waals surface area contributed by atoms with Crippen LogP contribution in [0.1, 0.15) is 130 Å².